The highest BCUT2D eigenvalue weighted by atomic mass is 35.5. The average molecular weight is 281 g/mol. The lowest BCUT2D eigenvalue weighted by atomic mass is 9.95. The fraction of sp³-hybridized carbons (Fsp3) is 0.727. The lowest BCUT2D eigenvalue weighted by Gasteiger charge is -2.32. The molecule has 1 atom stereocenters. The smallest absolute Gasteiger partial charge is 0.0492 e. The normalized spacial score (nSPS) is 20.5. The van der Waals surface area contributed by atoms with Gasteiger partial charge in [0.15, 0.2) is 0 Å². The molecule has 2 rings (SSSR count). The predicted octanol–water partition coefficient (Wildman–Crippen LogP) is 1.40. The Morgan fingerprint density at radius 2 is 2.24 bits per heavy atom. The van der Waals surface area contributed by atoms with Gasteiger partial charge in [-0.1, -0.05) is 0 Å². The number of rotatable bonds is 3. The van der Waals surface area contributed by atoms with Crippen LogP contribution in [0.1, 0.15) is 24.5 Å². The van der Waals surface area contributed by atoms with Crippen LogP contribution in [0.4, 0.5) is 0 Å². The second-order valence-electron chi connectivity index (χ2n) is 4.31. The molecular formula is C11H22Cl2N4. The fourth-order valence-corrected chi connectivity index (χ4v) is 2.47. The minimum atomic E-state index is 0. The molecule has 1 unspecified atom stereocenters. The number of hydrogen-bond donors (Lipinski definition) is 1. The number of aromatic nitrogens is 2. The molecule has 1 aromatic rings. The second kappa shape index (κ2) is 7.93. The highest BCUT2D eigenvalue weighted by Gasteiger charge is 2.22. The van der Waals surface area contributed by atoms with E-state index < -0.39 is 0 Å². The van der Waals surface area contributed by atoms with Crippen molar-refractivity contribution in [2.75, 3.05) is 26.2 Å². The van der Waals surface area contributed by atoms with Gasteiger partial charge in [0.05, 0.1) is 0 Å². The highest BCUT2D eigenvalue weighted by molar-refractivity contribution is 5.85. The van der Waals surface area contributed by atoms with Crippen LogP contribution in [0.15, 0.2) is 12.3 Å². The molecule has 17 heavy (non-hydrogen) atoms. The molecule has 2 heterocycles. The maximum Gasteiger partial charge on any atom is 0.0492 e. The molecule has 1 fully saturated rings. The molecular weight excluding hydrogens is 259 g/mol. The lowest BCUT2D eigenvalue weighted by Crippen LogP contribution is -2.38. The van der Waals surface area contributed by atoms with E-state index in [4.69, 9.17) is 5.73 Å². The minimum Gasteiger partial charge on any atom is -0.329 e. The van der Waals surface area contributed by atoms with Crippen LogP contribution in [0.25, 0.3) is 0 Å². The third-order valence-corrected chi connectivity index (χ3v) is 3.23. The maximum absolute atomic E-state index is 5.59. The standard InChI is InChI=1S/C11H20N4.2ClH/c1-14-11(4-6-13-14)10-3-2-7-15(9-10)8-5-12;;/h4,6,10H,2-3,5,7-9,12H2,1H3;2*1H. The lowest BCUT2D eigenvalue weighted by molar-refractivity contribution is 0.209. The van der Waals surface area contributed by atoms with E-state index in [1.54, 1.807) is 0 Å². The molecule has 6 heteroatoms. The van der Waals surface area contributed by atoms with Crippen molar-refractivity contribution in [3.05, 3.63) is 18.0 Å². The molecule has 1 aromatic heterocycles. The largest absolute Gasteiger partial charge is 0.329 e. The SMILES string of the molecule is Cl.Cl.Cn1nccc1C1CCCN(CCN)C1. The number of nitrogens with zero attached hydrogens (tertiary/aromatic N) is 3. The third kappa shape index (κ3) is 4.14. The van der Waals surface area contributed by atoms with E-state index in [0.29, 0.717) is 5.92 Å². The van der Waals surface area contributed by atoms with Gasteiger partial charge in [0.2, 0.25) is 0 Å². The van der Waals surface area contributed by atoms with Crippen molar-refractivity contribution in [1.29, 1.82) is 0 Å². The number of aryl methyl sites for hydroxylation is 1. The van der Waals surface area contributed by atoms with E-state index in [1.807, 2.05) is 17.9 Å². The third-order valence-electron chi connectivity index (χ3n) is 3.23. The van der Waals surface area contributed by atoms with Gasteiger partial charge < -0.3 is 10.6 Å². The Kier molecular flexibility index (Phi) is 7.79. The van der Waals surface area contributed by atoms with E-state index in [9.17, 15) is 0 Å². The van der Waals surface area contributed by atoms with E-state index in [-0.39, 0.29) is 24.8 Å². The van der Waals surface area contributed by atoms with E-state index in [1.165, 1.54) is 25.1 Å². The zero-order valence-electron chi connectivity index (χ0n) is 10.2. The number of nitrogens with two attached hydrogens (primary N) is 1. The number of piperidine rings is 1. The summed E-state index contributed by atoms with van der Waals surface area (Å²) in [5.74, 6) is 0.637. The first-order chi connectivity index (χ1) is 7.31. The molecule has 0 bridgehead atoms. The van der Waals surface area contributed by atoms with Gasteiger partial charge in [0, 0.05) is 44.5 Å². The van der Waals surface area contributed by atoms with Crippen molar-refractivity contribution in [3.63, 3.8) is 0 Å². The molecule has 0 amide bonds. The molecule has 1 aliphatic rings. The van der Waals surface area contributed by atoms with Crippen LogP contribution in [0, 0.1) is 0 Å². The Morgan fingerprint density at radius 1 is 1.47 bits per heavy atom. The van der Waals surface area contributed by atoms with Crippen molar-refractivity contribution in [2.45, 2.75) is 18.8 Å². The Morgan fingerprint density at radius 3 is 2.82 bits per heavy atom. The highest BCUT2D eigenvalue weighted by Crippen LogP contribution is 2.25. The number of likely N-dealkylation sites (tertiary alicyclic amines) is 1. The van der Waals surface area contributed by atoms with Gasteiger partial charge in [-0.15, -0.1) is 24.8 Å². The van der Waals surface area contributed by atoms with Crippen LogP contribution in [0.5, 0.6) is 0 Å². The molecule has 0 aromatic carbocycles. The van der Waals surface area contributed by atoms with Gasteiger partial charge in [-0.25, -0.2) is 0 Å². The van der Waals surface area contributed by atoms with Crippen LogP contribution < -0.4 is 5.73 Å². The first kappa shape index (κ1) is 16.7. The van der Waals surface area contributed by atoms with Gasteiger partial charge in [0.25, 0.3) is 0 Å². The summed E-state index contributed by atoms with van der Waals surface area (Å²) in [6.45, 7) is 4.12. The first-order valence-corrected chi connectivity index (χ1v) is 5.71. The van der Waals surface area contributed by atoms with Gasteiger partial charge in [-0.2, -0.15) is 5.10 Å². The zero-order chi connectivity index (χ0) is 10.7. The topological polar surface area (TPSA) is 47.1 Å². The summed E-state index contributed by atoms with van der Waals surface area (Å²) in [6.07, 6.45) is 4.44. The predicted molar refractivity (Wildman–Crippen MR) is 75.2 cm³/mol. The van der Waals surface area contributed by atoms with Gasteiger partial charge >= 0.3 is 0 Å². The Balaban J connectivity index is 0.00000128. The summed E-state index contributed by atoms with van der Waals surface area (Å²) in [5.41, 5.74) is 6.95. The van der Waals surface area contributed by atoms with E-state index in [0.717, 1.165) is 19.6 Å². The number of halogens is 2. The van der Waals surface area contributed by atoms with Crippen LogP contribution in [0.3, 0.4) is 0 Å². The van der Waals surface area contributed by atoms with Crippen LogP contribution >= 0.6 is 24.8 Å². The summed E-state index contributed by atoms with van der Waals surface area (Å²) in [5, 5.41) is 4.24. The van der Waals surface area contributed by atoms with Gasteiger partial charge in [-0.05, 0) is 25.5 Å². The summed E-state index contributed by atoms with van der Waals surface area (Å²) < 4.78 is 2.00. The fourth-order valence-electron chi connectivity index (χ4n) is 2.47. The molecule has 1 saturated heterocycles. The summed E-state index contributed by atoms with van der Waals surface area (Å²) >= 11 is 0. The van der Waals surface area contributed by atoms with Crippen molar-refractivity contribution >= 4 is 24.8 Å². The van der Waals surface area contributed by atoms with Crippen molar-refractivity contribution in [2.24, 2.45) is 12.8 Å². The van der Waals surface area contributed by atoms with Gasteiger partial charge in [-0.3, -0.25) is 4.68 Å². The summed E-state index contributed by atoms with van der Waals surface area (Å²) in [7, 11) is 2.03. The maximum atomic E-state index is 5.59. The Hall–Kier alpha value is -0.290. The number of hydrogen-bond acceptors (Lipinski definition) is 3. The quantitative estimate of drug-likeness (QED) is 0.911. The summed E-state index contributed by atoms with van der Waals surface area (Å²) in [6, 6.07) is 2.14. The van der Waals surface area contributed by atoms with Crippen LogP contribution in [-0.2, 0) is 7.05 Å². The van der Waals surface area contributed by atoms with E-state index in [2.05, 4.69) is 16.1 Å². The Bertz CT molecular complexity index is 314. The molecule has 0 saturated carbocycles. The molecule has 0 spiro atoms. The van der Waals surface area contributed by atoms with E-state index >= 15 is 0 Å². The minimum absolute atomic E-state index is 0. The molecule has 0 aliphatic carbocycles. The molecule has 4 nitrogen and oxygen atoms in total. The van der Waals surface area contributed by atoms with Gasteiger partial charge in [0.1, 0.15) is 0 Å². The van der Waals surface area contributed by atoms with Crippen LogP contribution in [-0.4, -0.2) is 40.9 Å². The van der Waals surface area contributed by atoms with Crippen molar-refractivity contribution in [1.82, 2.24) is 14.7 Å². The molecule has 100 valence electrons. The molecule has 2 N–H and O–H groups in total. The zero-order valence-corrected chi connectivity index (χ0v) is 11.8. The molecule has 0 radical (unpaired) electrons. The van der Waals surface area contributed by atoms with Crippen molar-refractivity contribution < 1.29 is 0 Å². The monoisotopic (exact) mass is 280 g/mol. The summed E-state index contributed by atoms with van der Waals surface area (Å²) in [4.78, 5) is 2.46. The first-order valence-electron chi connectivity index (χ1n) is 5.71. The van der Waals surface area contributed by atoms with Crippen LogP contribution in [0.2, 0.25) is 0 Å². The Labute approximate surface area is 115 Å². The van der Waals surface area contributed by atoms with Crippen molar-refractivity contribution in [3.8, 4) is 0 Å². The average Bonchev–Trinajstić information content (AvgIpc) is 2.65. The second-order valence-corrected chi connectivity index (χ2v) is 4.31. The molecule has 1 aliphatic heterocycles.